The van der Waals surface area contributed by atoms with Crippen LogP contribution in [-0.2, 0) is 19.1 Å². The normalized spacial score (nSPS) is 29.8. The fourth-order valence-electron chi connectivity index (χ4n) is 6.23. The molecule has 1 saturated carbocycles. The molecule has 4 nitrogen and oxygen atoms in total. The molecule has 2 aromatic rings. The molecule has 1 atom stereocenters. The zero-order valence-electron chi connectivity index (χ0n) is 18.9. The largest absolute Gasteiger partial charge is 0.450 e. The zero-order chi connectivity index (χ0) is 22.7. The Hall–Kier alpha value is -2.17. The van der Waals surface area contributed by atoms with Crippen LogP contribution in [0.4, 0.5) is 0 Å². The van der Waals surface area contributed by atoms with Gasteiger partial charge < -0.3 is 9.47 Å². The number of aryl methyl sites for hydroxylation is 2. The monoisotopic (exact) mass is 452 g/mol. The summed E-state index contributed by atoms with van der Waals surface area (Å²) in [4.78, 5) is 26.9. The van der Waals surface area contributed by atoms with Gasteiger partial charge in [0.25, 0.3) is 0 Å². The number of Topliss-reactive ketones (excluding diaryl/α,β-unsaturated/α-hetero) is 1. The second-order valence-electron chi connectivity index (χ2n) is 9.78. The third kappa shape index (κ3) is 3.31. The molecule has 0 N–H and O–H groups in total. The Kier molecular flexibility index (Phi) is 5.22. The quantitative estimate of drug-likeness (QED) is 0.414. The number of hydrogen-bond acceptors (Lipinski definition) is 4. The molecule has 1 aliphatic carbocycles. The van der Waals surface area contributed by atoms with Gasteiger partial charge >= 0.3 is 5.97 Å². The van der Waals surface area contributed by atoms with E-state index in [4.69, 9.17) is 21.1 Å². The average Bonchev–Trinajstić information content (AvgIpc) is 3.30. The van der Waals surface area contributed by atoms with Gasteiger partial charge in [-0.15, -0.1) is 0 Å². The number of halogens is 1. The summed E-state index contributed by atoms with van der Waals surface area (Å²) in [6, 6.07) is 9.76. The molecule has 2 saturated heterocycles. The Labute approximate surface area is 194 Å². The molecule has 0 aromatic heterocycles. The fraction of sp³-hybridized carbons (Fsp3) is 0.481. The van der Waals surface area contributed by atoms with Gasteiger partial charge in [-0.25, -0.2) is 0 Å². The van der Waals surface area contributed by atoms with Crippen molar-refractivity contribution in [2.45, 2.75) is 76.4 Å². The number of rotatable bonds is 2. The Morgan fingerprint density at radius 2 is 1.62 bits per heavy atom. The number of hydrogen-bond donors (Lipinski definition) is 0. The molecule has 5 heteroatoms. The maximum atomic E-state index is 13.8. The fourth-order valence-corrected chi connectivity index (χ4v) is 6.36. The van der Waals surface area contributed by atoms with E-state index in [0.717, 1.165) is 65.7 Å². The summed E-state index contributed by atoms with van der Waals surface area (Å²) < 4.78 is 11.9. The molecule has 168 valence electrons. The van der Waals surface area contributed by atoms with Crippen LogP contribution < -0.4 is 0 Å². The summed E-state index contributed by atoms with van der Waals surface area (Å²) >= 11 is 6.09. The lowest BCUT2D eigenvalue weighted by atomic mass is 9.71. The highest BCUT2D eigenvalue weighted by atomic mass is 35.5. The van der Waals surface area contributed by atoms with Crippen molar-refractivity contribution in [1.82, 2.24) is 0 Å². The van der Waals surface area contributed by atoms with Gasteiger partial charge in [-0.05, 0) is 105 Å². The highest BCUT2D eigenvalue weighted by Crippen LogP contribution is 2.50. The lowest BCUT2D eigenvalue weighted by Crippen LogP contribution is -2.46. The molecule has 2 heterocycles. The van der Waals surface area contributed by atoms with Crippen molar-refractivity contribution in [3.8, 4) is 11.1 Å². The van der Waals surface area contributed by atoms with Crippen molar-refractivity contribution in [3.63, 3.8) is 0 Å². The van der Waals surface area contributed by atoms with Gasteiger partial charge in [0.15, 0.2) is 11.4 Å². The molecule has 32 heavy (non-hydrogen) atoms. The van der Waals surface area contributed by atoms with Crippen LogP contribution in [-0.4, -0.2) is 29.6 Å². The van der Waals surface area contributed by atoms with Gasteiger partial charge in [0.2, 0.25) is 0 Å². The van der Waals surface area contributed by atoms with E-state index in [1.807, 2.05) is 38.1 Å². The highest BCUT2D eigenvalue weighted by molar-refractivity contribution is 6.30. The number of esters is 1. The first kappa shape index (κ1) is 21.7. The zero-order valence-corrected chi connectivity index (χ0v) is 19.7. The molecular formula is C27H29ClO4. The third-order valence-corrected chi connectivity index (χ3v) is 8.10. The summed E-state index contributed by atoms with van der Waals surface area (Å²) in [5.41, 5.74) is 4.78. The van der Waals surface area contributed by atoms with E-state index in [1.54, 1.807) is 0 Å². The van der Waals surface area contributed by atoms with E-state index >= 15 is 0 Å². The molecule has 0 amide bonds. The van der Waals surface area contributed by atoms with Gasteiger partial charge in [-0.2, -0.15) is 0 Å². The third-order valence-electron chi connectivity index (χ3n) is 7.85. The number of carbonyl (C=O) groups is 2. The van der Waals surface area contributed by atoms with Crippen molar-refractivity contribution >= 4 is 23.4 Å². The maximum Gasteiger partial charge on any atom is 0.322 e. The van der Waals surface area contributed by atoms with Crippen LogP contribution in [0, 0.1) is 20.8 Å². The summed E-state index contributed by atoms with van der Waals surface area (Å²) in [5.74, 6) is -1.34. The van der Waals surface area contributed by atoms with E-state index < -0.39 is 17.5 Å². The summed E-state index contributed by atoms with van der Waals surface area (Å²) in [7, 11) is 0. The Morgan fingerprint density at radius 3 is 2.25 bits per heavy atom. The molecule has 2 aliphatic heterocycles. The van der Waals surface area contributed by atoms with E-state index in [1.165, 1.54) is 0 Å². The van der Waals surface area contributed by atoms with Gasteiger partial charge in [-0.3, -0.25) is 9.59 Å². The molecule has 2 spiro atoms. The molecule has 5 rings (SSSR count). The SMILES string of the molecule is Cc1cc(C)c(C2C(=O)OC3(CCC4(CCCO4)CC3)C2=O)c(C)c1-c1ccc(Cl)cc1. The molecule has 3 aliphatic rings. The van der Waals surface area contributed by atoms with Crippen LogP contribution in [0.2, 0.25) is 5.02 Å². The molecule has 3 fully saturated rings. The van der Waals surface area contributed by atoms with Crippen molar-refractivity contribution < 1.29 is 19.1 Å². The molecular weight excluding hydrogens is 424 g/mol. The first-order chi connectivity index (χ1) is 15.3. The second kappa shape index (κ2) is 7.71. The van der Waals surface area contributed by atoms with E-state index in [0.29, 0.717) is 17.9 Å². The van der Waals surface area contributed by atoms with Crippen molar-refractivity contribution in [2.75, 3.05) is 6.61 Å². The van der Waals surface area contributed by atoms with Gasteiger partial charge in [-0.1, -0.05) is 29.8 Å². The van der Waals surface area contributed by atoms with E-state index in [9.17, 15) is 9.59 Å². The Balaban J connectivity index is 1.52. The first-order valence-electron chi connectivity index (χ1n) is 11.5. The molecule has 0 bridgehead atoms. The smallest absolute Gasteiger partial charge is 0.322 e. The number of benzene rings is 2. The predicted molar refractivity (Wildman–Crippen MR) is 124 cm³/mol. The molecule has 0 radical (unpaired) electrons. The summed E-state index contributed by atoms with van der Waals surface area (Å²) in [5, 5.41) is 0.675. The second-order valence-corrected chi connectivity index (χ2v) is 10.2. The first-order valence-corrected chi connectivity index (χ1v) is 11.9. The molecule has 2 aromatic carbocycles. The number of ketones is 1. The van der Waals surface area contributed by atoms with Crippen LogP contribution >= 0.6 is 11.6 Å². The van der Waals surface area contributed by atoms with E-state index in [-0.39, 0.29) is 11.4 Å². The van der Waals surface area contributed by atoms with Crippen molar-refractivity contribution in [3.05, 3.63) is 57.6 Å². The lowest BCUT2D eigenvalue weighted by Gasteiger charge is -2.40. The van der Waals surface area contributed by atoms with Gasteiger partial charge in [0.1, 0.15) is 5.92 Å². The standard InChI is InChI=1S/C27H29ClO4/c1-16-15-17(2)22(18(3)21(16)19-5-7-20(28)8-6-19)23-24(29)27(32-25(23)30)12-10-26(11-13-27)9-4-14-31-26/h5-8,15,23H,4,9-14H2,1-3H3. The van der Waals surface area contributed by atoms with E-state index in [2.05, 4.69) is 13.0 Å². The lowest BCUT2D eigenvalue weighted by molar-refractivity contribution is -0.161. The average molecular weight is 453 g/mol. The predicted octanol–water partition coefficient (Wildman–Crippen LogP) is 6.00. The summed E-state index contributed by atoms with van der Waals surface area (Å²) in [6.45, 7) is 6.84. The molecule has 1 unspecified atom stereocenters. The Morgan fingerprint density at radius 1 is 0.938 bits per heavy atom. The number of ether oxygens (including phenoxy) is 2. The van der Waals surface area contributed by atoms with Crippen molar-refractivity contribution in [2.24, 2.45) is 0 Å². The van der Waals surface area contributed by atoms with Crippen LogP contribution in [0.5, 0.6) is 0 Å². The number of carbonyl (C=O) groups excluding carboxylic acids is 2. The van der Waals surface area contributed by atoms with Crippen LogP contribution in [0.3, 0.4) is 0 Å². The van der Waals surface area contributed by atoms with Crippen LogP contribution in [0.1, 0.15) is 66.7 Å². The Bertz CT molecular complexity index is 1090. The van der Waals surface area contributed by atoms with Gasteiger partial charge in [0.05, 0.1) is 5.60 Å². The van der Waals surface area contributed by atoms with Gasteiger partial charge in [0, 0.05) is 11.6 Å². The maximum absolute atomic E-state index is 13.8. The van der Waals surface area contributed by atoms with Crippen LogP contribution in [0.25, 0.3) is 11.1 Å². The topological polar surface area (TPSA) is 52.6 Å². The van der Waals surface area contributed by atoms with Crippen LogP contribution in [0.15, 0.2) is 30.3 Å². The summed E-state index contributed by atoms with van der Waals surface area (Å²) in [6.07, 6.45) is 4.78. The minimum absolute atomic E-state index is 0.0764. The minimum atomic E-state index is -0.997. The highest BCUT2D eigenvalue weighted by Gasteiger charge is 2.59. The van der Waals surface area contributed by atoms with Crippen molar-refractivity contribution in [1.29, 1.82) is 0 Å². The minimum Gasteiger partial charge on any atom is -0.450 e.